The number of nitrogens with zero attached hydrogens (tertiary/aromatic N) is 4. The molecule has 3 rings (SSSR count). The molecule has 1 aromatic carbocycles. The minimum absolute atomic E-state index is 0. The van der Waals surface area contributed by atoms with E-state index in [1.807, 2.05) is 23.1 Å². The number of aliphatic imine (C=N–C) groups is 1. The lowest BCUT2D eigenvalue weighted by Gasteiger charge is -2.30. The predicted molar refractivity (Wildman–Crippen MR) is 135 cm³/mol. The standard InChI is InChI=1S/C23H36N6.HI/c1-3-24-23(25-12-6-14-28-16-10-20(2)11-17-28)26-18-21-8-4-5-9-22(21)19-29-15-7-13-27-29;/h4-5,7-9,13,15,20H,3,6,10-12,14,16-19H2,1-2H3,(H2,24,25,26);1H. The number of guanidine groups is 1. The molecule has 2 heterocycles. The van der Waals surface area contributed by atoms with Crippen molar-refractivity contribution in [3.05, 3.63) is 53.9 Å². The van der Waals surface area contributed by atoms with Gasteiger partial charge in [0, 0.05) is 25.5 Å². The van der Waals surface area contributed by atoms with E-state index in [4.69, 9.17) is 4.99 Å². The summed E-state index contributed by atoms with van der Waals surface area (Å²) in [5.41, 5.74) is 2.50. The molecule has 30 heavy (non-hydrogen) atoms. The summed E-state index contributed by atoms with van der Waals surface area (Å²) in [5.74, 6) is 1.79. The highest BCUT2D eigenvalue weighted by molar-refractivity contribution is 14.0. The second-order valence-corrected chi connectivity index (χ2v) is 7.97. The Kier molecular flexibility index (Phi) is 11.2. The zero-order valence-electron chi connectivity index (χ0n) is 18.4. The van der Waals surface area contributed by atoms with Gasteiger partial charge in [0.1, 0.15) is 0 Å². The molecule has 7 heteroatoms. The molecule has 2 aromatic rings. The number of nitrogens with one attached hydrogen (secondary N) is 2. The average Bonchev–Trinajstić information content (AvgIpc) is 3.24. The Hall–Kier alpha value is -1.61. The Morgan fingerprint density at radius 3 is 2.60 bits per heavy atom. The average molecular weight is 524 g/mol. The molecule has 1 aliphatic heterocycles. The van der Waals surface area contributed by atoms with E-state index in [-0.39, 0.29) is 24.0 Å². The molecule has 1 aromatic heterocycles. The van der Waals surface area contributed by atoms with Crippen molar-refractivity contribution in [3.8, 4) is 0 Å². The van der Waals surface area contributed by atoms with Crippen LogP contribution in [0.25, 0.3) is 0 Å². The molecule has 0 saturated carbocycles. The maximum absolute atomic E-state index is 4.82. The zero-order valence-corrected chi connectivity index (χ0v) is 20.7. The molecule has 166 valence electrons. The minimum atomic E-state index is 0. The molecule has 0 bridgehead atoms. The first-order chi connectivity index (χ1) is 14.2. The molecule has 1 fully saturated rings. The number of rotatable bonds is 9. The molecule has 1 saturated heterocycles. The van der Waals surface area contributed by atoms with Crippen molar-refractivity contribution in [3.63, 3.8) is 0 Å². The molecule has 1 aliphatic rings. The van der Waals surface area contributed by atoms with Gasteiger partial charge in [-0.1, -0.05) is 31.2 Å². The van der Waals surface area contributed by atoms with Crippen molar-refractivity contribution < 1.29 is 0 Å². The van der Waals surface area contributed by atoms with Crippen LogP contribution >= 0.6 is 24.0 Å². The monoisotopic (exact) mass is 524 g/mol. The topological polar surface area (TPSA) is 57.5 Å². The van der Waals surface area contributed by atoms with Gasteiger partial charge in [-0.3, -0.25) is 4.68 Å². The number of likely N-dealkylation sites (tertiary alicyclic amines) is 1. The van der Waals surface area contributed by atoms with E-state index >= 15 is 0 Å². The quantitative estimate of drug-likeness (QED) is 0.227. The fourth-order valence-corrected chi connectivity index (χ4v) is 3.74. The van der Waals surface area contributed by atoms with Crippen molar-refractivity contribution in [1.29, 1.82) is 0 Å². The van der Waals surface area contributed by atoms with Gasteiger partial charge in [-0.15, -0.1) is 24.0 Å². The van der Waals surface area contributed by atoms with Gasteiger partial charge in [0.05, 0.1) is 13.1 Å². The van der Waals surface area contributed by atoms with Gasteiger partial charge in [-0.2, -0.15) is 5.10 Å². The lowest BCUT2D eigenvalue weighted by Crippen LogP contribution is -2.39. The van der Waals surface area contributed by atoms with Gasteiger partial charge in [-0.05, 0) is 68.9 Å². The summed E-state index contributed by atoms with van der Waals surface area (Å²) < 4.78 is 1.95. The predicted octanol–water partition coefficient (Wildman–Crippen LogP) is 3.73. The highest BCUT2D eigenvalue weighted by atomic mass is 127. The summed E-state index contributed by atoms with van der Waals surface area (Å²) in [7, 11) is 0. The smallest absolute Gasteiger partial charge is 0.191 e. The molecule has 2 N–H and O–H groups in total. The number of piperidine rings is 1. The number of benzene rings is 1. The summed E-state index contributed by atoms with van der Waals surface area (Å²) >= 11 is 0. The van der Waals surface area contributed by atoms with Crippen LogP contribution in [0.2, 0.25) is 0 Å². The number of hydrogen-bond donors (Lipinski definition) is 2. The summed E-state index contributed by atoms with van der Waals surface area (Å²) in [6, 6.07) is 10.4. The lowest BCUT2D eigenvalue weighted by molar-refractivity contribution is 0.191. The first-order valence-corrected chi connectivity index (χ1v) is 11.0. The summed E-state index contributed by atoms with van der Waals surface area (Å²) in [6.45, 7) is 11.4. The molecule has 0 amide bonds. The number of hydrogen-bond acceptors (Lipinski definition) is 3. The second kappa shape index (κ2) is 13.6. The van der Waals surface area contributed by atoms with Gasteiger partial charge < -0.3 is 15.5 Å². The van der Waals surface area contributed by atoms with E-state index in [0.717, 1.165) is 37.9 Å². The lowest BCUT2D eigenvalue weighted by atomic mass is 9.99. The Labute approximate surface area is 198 Å². The van der Waals surface area contributed by atoms with Crippen LogP contribution in [0.1, 0.15) is 44.2 Å². The SMILES string of the molecule is CCNC(=NCc1ccccc1Cn1cccn1)NCCCN1CCC(C)CC1.I. The van der Waals surface area contributed by atoms with Crippen LogP contribution in [-0.4, -0.2) is 53.4 Å². The van der Waals surface area contributed by atoms with Crippen LogP contribution < -0.4 is 10.6 Å². The van der Waals surface area contributed by atoms with Crippen LogP contribution in [0.15, 0.2) is 47.7 Å². The maximum Gasteiger partial charge on any atom is 0.191 e. The third kappa shape index (κ3) is 8.26. The summed E-state index contributed by atoms with van der Waals surface area (Å²) in [6.07, 6.45) is 7.65. The second-order valence-electron chi connectivity index (χ2n) is 7.97. The van der Waals surface area contributed by atoms with E-state index in [9.17, 15) is 0 Å². The van der Waals surface area contributed by atoms with Crippen LogP contribution in [0, 0.1) is 5.92 Å². The zero-order chi connectivity index (χ0) is 20.3. The van der Waals surface area contributed by atoms with Crippen LogP contribution in [0.5, 0.6) is 0 Å². The summed E-state index contributed by atoms with van der Waals surface area (Å²) in [4.78, 5) is 7.41. The van der Waals surface area contributed by atoms with Gasteiger partial charge in [0.15, 0.2) is 5.96 Å². The molecule has 0 spiro atoms. The third-order valence-corrected chi connectivity index (χ3v) is 5.58. The van der Waals surface area contributed by atoms with Crippen LogP contribution in [0.3, 0.4) is 0 Å². The van der Waals surface area contributed by atoms with Gasteiger partial charge in [0.25, 0.3) is 0 Å². The van der Waals surface area contributed by atoms with E-state index in [0.29, 0.717) is 6.54 Å². The van der Waals surface area contributed by atoms with Crippen molar-refractivity contribution in [1.82, 2.24) is 25.3 Å². The third-order valence-electron chi connectivity index (χ3n) is 5.58. The normalized spacial score (nSPS) is 15.6. The fraction of sp³-hybridized carbons (Fsp3) is 0.565. The molecular weight excluding hydrogens is 487 g/mol. The van der Waals surface area contributed by atoms with Crippen molar-refractivity contribution in [2.24, 2.45) is 10.9 Å². The first-order valence-electron chi connectivity index (χ1n) is 11.0. The van der Waals surface area contributed by atoms with Crippen molar-refractivity contribution >= 4 is 29.9 Å². The number of halogens is 1. The molecule has 6 nitrogen and oxygen atoms in total. The Morgan fingerprint density at radius 2 is 1.90 bits per heavy atom. The molecular formula is C23H37IN6. The molecule has 0 unspecified atom stereocenters. The van der Waals surface area contributed by atoms with Gasteiger partial charge >= 0.3 is 0 Å². The number of aromatic nitrogens is 2. The van der Waals surface area contributed by atoms with Crippen LogP contribution in [-0.2, 0) is 13.1 Å². The van der Waals surface area contributed by atoms with E-state index in [1.165, 1.54) is 43.6 Å². The van der Waals surface area contributed by atoms with Crippen molar-refractivity contribution in [2.75, 3.05) is 32.7 Å². The van der Waals surface area contributed by atoms with Crippen LogP contribution in [0.4, 0.5) is 0 Å². The molecule has 0 radical (unpaired) electrons. The maximum atomic E-state index is 4.82. The molecule has 0 aliphatic carbocycles. The highest BCUT2D eigenvalue weighted by Crippen LogP contribution is 2.15. The minimum Gasteiger partial charge on any atom is -0.357 e. The molecule has 0 atom stereocenters. The van der Waals surface area contributed by atoms with E-state index < -0.39 is 0 Å². The van der Waals surface area contributed by atoms with Crippen molar-refractivity contribution in [2.45, 2.75) is 46.2 Å². The van der Waals surface area contributed by atoms with Gasteiger partial charge in [-0.25, -0.2) is 4.99 Å². The van der Waals surface area contributed by atoms with Gasteiger partial charge in [0.2, 0.25) is 0 Å². The first kappa shape index (κ1) is 24.7. The van der Waals surface area contributed by atoms with E-state index in [1.54, 1.807) is 0 Å². The largest absolute Gasteiger partial charge is 0.357 e. The Bertz CT molecular complexity index is 738. The summed E-state index contributed by atoms with van der Waals surface area (Å²) in [5, 5.41) is 11.2. The Balaban J connectivity index is 0.00000320. The fourth-order valence-electron chi connectivity index (χ4n) is 3.74. The van der Waals surface area contributed by atoms with E-state index in [2.05, 4.69) is 58.7 Å². The highest BCUT2D eigenvalue weighted by Gasteiger charge is 2.14. The Morgan fingerprint density at radius 1 is 1.13 bits per heavy atom.